The summed E-state index contributed by atoms with van der Waals surface area (Å²) >= 11 is 4.84. The predicted octanol–water partition coefficient (Wildman–Crippen LogP) is 2.73. The van der Waals surface area contributed by atoms with Crippen LogP contribution in [0.3, 0.4) is 0 Å². The van der Waals surface area contributed by atoms with Gasteiger partial charge in [-0.15, -0.1) is 10.2 Å². The number of aliphatic carboxylic acids is 1. The molecule has 0 radical (unpaired) electrons. The van der Waals surface area contributed by atoms with Gasteiger partial charge in [0.25, 0.3) is 0 Å². The van der Waals surface area contributed by atoms with Crippen molar-refractivity contribution >= 4 is 40.8 Å². The molecule has 0 aliphatic heterocycles. The second kappa shape index (κ2) is 7.11. The van der Waals surface area contributed by atoms with Gasteiger partial charge in [-0.1, -0.05) is 41.8 Å². The zero-order valence-electron chi connectivity index (χ0n) is 11.6. The number of rotatable bonds is 7. The van der Waals surface area contributed by atoms with E-state index in [2.05, 4.69) is 22.4 Å². The molecule has 112 valence electrons. The Morgan fingerprint density at radius 1 is 1.55 bits per heavy atom. The Bertz CT molecular complexity index is 469. The quantitative estimate of drug-likeness (QED) is 0.743. The third-order valence-corrected chi connectivity index (χ3v) is 6.67. The fourth-order valence-electron chi connectivity index (χ4n) is 2.37. The first-order chi connectivity index (χ1) is 9.59. The minimum Gasteiger partial charge on any atom is -0.480 e. The second-order valence-corrected chi connectivity index (χ2v) is 8.41. The van der Waals surface area contributed by atoms with Crippen LogP contribution in [-0.4, -0.2) is 44.9 Å². The molecule has 1 heterocycles. The van der Waals surface area contributed by atoms with Crippen molar-refractivity contribution in [3.05, 3.63) is 0 Å². The van der Waals surface area contributed by atoms with E-state index < -0.39 is 11.5 Å². The van der Waals surface area contributed by atoms with Gasteiger partial charge in [-0.05, 0) is 38.5 Å². The molecule has 5 nitrogen and oxygen atoms in total. The van der Waals surface area contributed by atoms with Crippen LogP contribution in [0.25, 0.3) is 0 Å². The summed E-state index contributed by atoms with van der Waals surface area (Å²) in [7, 11) is 0. The number of carboxylic acid groups (broad SMARTS) is 1. The topological polar surface area (TPSA) is 75.1 Å². The van der Waals surface area contributed by atoms with Gasteiger partial charge in [-0.25, -0.2) is 0 Å². The molecule has 0 bridgehead atoms. The van der Waals surface area contributed by atoms with Crippen molar-refractivity contribution in [1.82, 2.24) is 15.5 Å². The molecular weight excluding hydrogens is 314 g/mol. The first kappa shape index (κ1) is 16.1. The molecule has 2 rings (SSSR count). The number of carbonyl (C=O) groups is 1. The average Bonchev–Trinajstić information content (AvgIpc) is 3.04. The number of nitrogens with one attached hydrogen (secondary N) is 1. The lowest BCUT2D eigenvalue weighted by molar-refractivity contribution is -0.144. The van der Waals surface area contributed by atoms with Gasteiger partial charge in [0.1, 0.15) is 5.54 Å². The van der Waals surface area contributed by atoms with E-state index in [9.17, 15) is 9.90 Å². The maximum Gasteiger partial charge on any atom is 0.323 e. The highest BCUT2D eigenvalue weighted by molar-refractivity contribution is 8.03. The Kier molecular flexibility index (Phi) is 5.71. The van der Waals surface area contributed by atoms with Gasteiger partial charge in [0, 0.05) is 5.25 Å². The van der Waals surface area contributed by atoms with Crippen LogP contribution >= 0.6 is 34.9 Å². The number of nitrogens with zero attached hydrogens (tertiary/aromatic N) is 2. The van der Waals surface area contributed by atoms with Crippen LogP contribution in [-0.2, 0) is 4.79 Å². The summed E-state index contributed by atoms with van der Waals surface area (Å²) in [6.45, 7) is 2.80. The normalized spacial score (nSPS) is 26.0. The third kappa shape index (κ3) is 3.66. The molecule has 1 aliphatic carbocycles. The van der Waals surface area contributed by atoms with Gasteiger partial charge in [0.15, 0.2) is 8.68 Å². The number of aromatic nitrogens is 2. The van der Waals surface area contributed by atoms with Gasteiger partial charge in [-0.2, -0.15) is 0 Å². The number of carboxylic acids is 1. The van der Waals surface area contributed by atoms with Gasteiger partial charge in [-0.3, -0.25) is 4.79 Å². The minimum atomic E-state index is -0.749. The summed E-state index contributed by atoms with van der Waals surface area (Å²) in [6.07, 6.45) is 5.17. The van der Waals surface area contributed by atoms with Crippen LogP contribution in [0.2, 0.25) is 0 Å². The van der Waals surface area contributed by atoms with Crippen molar-refractivity contribution in [2.75, 3.05) is 12.8 Å². The predicted molar refractivity (Wildman–Crippen MR) is 83.8 cm³/mol. The van der Waals surface area contributed by atoms with Crippen LogP contribution in [0.5, 0.6) is 0 Å². The summed E-state index contributed by atoms with van der Waals surface area (Å²) < 4.78 is 1.90. The summed E-state index contributed by atoms with van der Waals surface area (Å²) in [5.41, 5.74) is -0.749. The van der Waals surface area contributed by atoms with E-state index >= 15 is 0 Å². The highest BCUT2D eigenvalue weighted by Crippen LogP contribution is 2.41. The molecule has 0 saturated heterocycles. The molecule has 1 aliphatic rings. The smallest absolute Gasteiger partial charge is 0.323 e. The zero-order valence-corrected chi connectivity index (χ0v) is 14.0. The molecule has 1 aromatic heterocycles. The monoisotopic (exact) mass is 333 g/mol. The maximum atomic E-state index is 11.6. The summed E-state index contributed by atoms with van der Waals surface area (Å²) in [5.74, 6) is -0.726. The van der Waals surface area contributed by atoms with Crippen molar-refractivity contribution in [1.29, 1.82) is 0 Å². The van der Waals surface area contributed by atoms with E-state index in [1.54, 1.807) is 34.9 Å². The standard InChI is InChI=1S/C12H19N3O2S3/c1-3-6-13-12(9(16)17)5-4-8(7-12)19-11-15-14-10(18-2)20-11/h8,13H,3-7H2,1-2H3,(H,16,17). The molecule has 2 N–H and O–H groups in total. The number of hydrogen-bond donors (Lipinski definition) is 2. The van der Waals surface area contributed by atoms with Crippen molar-refractivity contribution in [2.24, 2.45) is 0 Å². The Balaban J connectivity index is 1.97. The maximum absolute atomic E-state index is 11.6. The molecule has 0 aromatic carbocycles. The molecule has 20 heavy (non-hydrogen) atoms. The molecule has 0 amide bonds. The molecule has 1 fully saturated rings. The fourth-order valence-corrected chi connectivity index (χ4v) is 5.34. The highest BCUT2D eigenvalue weighted by Gasteiger charge is 2.45. The lowest BCUT2D eigenvalue weighted by Crippen LogP contribution is -2.50. The van der Waals surface area contributed by atoms with E-state index in [4.69, 9.17) is 0 Å². The van der Waals surface area contributed by atoms with Gasteiger partial charge >= 0.3 is 5.97 Å². The second-order valence-electron chi connectivity index (χ2n) is 4.83. The summed E-state index contributed by atoms with van der Waals surface area (Å²) in [5, 5.41) is 21.3. The Morgan fingerprint density at radius 2 is 2.30 bits per heavy atom. The van der Waals surface area contributed by atoms with Crippen molar-refractivity contribution in [3.8, 4) is 0 Å². The largest absolute Gasteiger partial charge is 0.480 e. The molecule has 1 aromatic rings. The molecule has 0 spiro atoms. The Labute approximate surface area is 131 Å². The van der Waals surface area contributed by atoms with Crippen LogP contribution < -0.4 is 5.32 Å². The van der Waals surface area contributed by atoms with Crippen molar-refractivity contribution in [3.63, 3.8) is 0 Å². The molecule has 2 unspecified atom stereocenters. The van der Waals surface area contributed by atoms with E-state index in [0.29, 0.717) is 18.1 Å². The first-order valence-electron chi connectivity index (χ1n) is 6.62. The highest BCUT2D eigenvalue weighted by atomic mass is 32.2. The van der Waals surface area contributed by atoms with Gasteiger partial charge in [0.2, 0.25) is 0 Å². The fraction of sp³-hybridized carbons (Fsp3) is 0.750. The number of thioether (sulfide) groups is 2. The molecule has 8 heteroatoms. The number of hydrogen-bond acceptors (Lipinski definition) is 7. The summed E-state index contributed by atoms with van der Waals surface area (Å²) in [4.78, 5) is 11.6. The van der Waals surface area contributed by atoms with E-state index in [-0.39, 0.29) is 0 Å². The minimum absolute atomic E-state index is 0.304. The average molecular weight is 334 g/mol. The van der Waals surface area contributed by atoms with Crippen LogP contribution in [0.4, 0.5) is 0 Å². The van der Waals surface area contributed by atoms with Gasteiger partial charge in [0.05, 0.1) is 0 Å². The van der Waals surface area contributed by atoms with E-state index in [1.807, 2.05) is 6.26 Å². The molecular formula is C12H19N3O2S3. The van der Waals surface area contributed by atoms with Gasteiger partial charge < -0.3 is 10.4 Å². The lowest BCUT2D eigenvalue weighted by Gasteiger charge is -2.25. The Hall–Kier alpha value is -0.310. The van der Waals surface area contributed by atoms with Crippen LogP contribution in [0.1, 0.15) is 32.6 Å². The zero-order chi connectivity index (χ0) is 14.6. The molecule has 1 saturated carbocycles. The SMILES string of the molecule is CCCNC1(C(=O)O)CCC(Sc2nnc(SC)s2)C1. The van der Waals surface area contributed by atoms with Crippen molar-refractivity contribution in [2.45, 2.75) is 52.1 Å². The van der Waals surface area contributed by atoms with Crippen LogP contribution in [0, 0.1) is 0 Å². The van der Waals surface area contributed by atoms with Crippen LogP contribution in [0.15, 0.2) is 8.68 Å². The molecule has 2 atom stereocenters. The van der Waals surface area contributed by atoms with E-state index in [1.165, 1.54) is 0 Å². The first-order valence-corrected chi connectivity index (χ1v) is 9.54. The van der Waals surface area contributed by atoms with E-state index in [0.717, 1.165) is 28.1 Å². The Morgan fingerprint density at radius 3 is 2.90 bits per heavy atom. The third-order valence-electron chi connectivity index (χ3n) is 3.42. The summed E-state index contributed by atoms with van der Waals surface area (Å²) in [6, 6.07) is 0. The lowest BCUT2D eigenvalue weighted by atomic mass is 9.98. The van der Waals surface area contributed by atoms with Crippen molar-refractivity contribution < 1.29 is 9.90 Å².